The Hall–Kier alpha value is -5.77. The number of nitrogens with one attached hydrogen (secondary N) is 1. The summed E-state index contributed by atoms with van der Waals surface area (Å²) in [6.07, 6.45) is 9.98. The number of rotatable bonds is 5. The molecular formula is C51H52ClN3. The predicted octanol–water partition coefficient (Wildman–Crippen LogP) is 13.9. The zero-order chi connectivity index (χ0) is 38.7. The van der Waals surface area contributed by atoms with E-state index in [0.717, 1.165) is 30.0 Å². The van der Waals surface area contributed by atoms with E-state index in [4.69, 9.17) is 11.6 Å². The maximum atomic E-state index is 6.00. The molecular weight excluding hydrogens is 690 g/mol. The van der Waals surface area contributed by atoms with Crippen molar-refractivity contribution in [3.05, 3.63) is 201 Å². The molecule has 0 amide bonds. The number of halogens is 1. The number of fused-ring (bicyclic) bond motifs is 3. The molecule has 9 rings (SSSR count). The second-order valence-electron chi connectivity index (χ2n) is 14.4. The molecule has 3 aliphatic rings. The first-order chi connectivity index (χ1) is 26.7. The van der Waals surface area contributed by atoms with Crippen molar-refractivity contribution in [2.24, 2.45) is 0 Å². The molecule has 0 spiro atoms. The lowest BCUT2D eigenvalue weighted by molar-refractivity contribution is 1.13. The summed E-state index contributed by atoms with van der Waals surface area (Å²) in [6.45, 7) is 6.54. The summed E-state index contributed by atoms with van der Waals surface area (Å²) in [6, 6.07) is 50.3. The van der Waals surface area contributed by atoms with Crippen LogP contribution in [-0.2, 0) is 19.3 Å². The second-order valence-corrected chi connectivity index (χ2v) is 14.8. The van der Waals surface area contributed by atoms with Gasteiger partial charge in [-0.15, -0.1) is 0 Å². The molecule has 0 fully saturated rings. The molecule has 6 aromatic rings. The molecule has 0 saturated carbocycles. The first kappa shape index (κ1) is 38.9. The number of nitrogens with zero attached hydrogens (tertiary/aromatic N) is 2. The third-order valence-electron chi connectivity index (χ3n) is 10.2. The average molecular weight is 742 g/mol. The van der Waals surface area contributed by atoms with Gasteiger partial charge >= 0.3 is 0 Å². The van der Waals surface area contributed by atoms with Crippen molar-refractivity contribution < 1.29 is 0 Å². The highest BCUT2D eigenvalue weighted by molar-refractivity contribution is 6.31. The van der Waals surface area contributed by atoms with Gasteiger partial charge in [0.1, 0.15) is 0 Å². The molecule has 1 N–H and O–H groups in total. The van der Waals surface area contributed by atoms with Crippen LogP contribution in [0.4, 0.5) is 28.4 Å². The fourth-order valence-electron chi connectivity index (χ4n) is 7.32. The molecule has 0 aliphatic heterocycles. The molecule has 0 aromatic heterocycles. The molecule has 0 atom stereocenters. The van der Waals surface area contributed by atoms with Gasteiger partial charge in [0.15, 0.2) is 0 Å². The minimum atomic E-state index is 0.899. The SMILES string of the molecule is CC1=Cc2c(cccc2N(C)c2ccccc2)C1.CC1=Cc2cccc(Cl)c2C1.CC1=Cc2cccc(N(C)c3ccccc3)c2C1.CNc1ccccc1. The maximum Gasteiger partial charge on any atom is 0.0484 e. The van der Waals surface area contributed by atoms with Crippen molar-refractivity contribution in [1.29, 1.82) is 0 Å². The van der Waals surface area contributed by atoms with E-state index in [0.29, 0.717) is 0 Å². The summed E-state index contributed by atoms with van der Waals surface area (Å²) in [7, 11) is 6.18. The Morgan fingerprint density at radius 1 is 0.473 bits per heavy atom. The summed E-state index contributed by atoms with van der Waals surface area (Å²) in [5.41, 5.74) is 18.7. The van der Waals surface area contributed by atoms with E-state index in [2.05, 4.69) is 171 Å². The average Bonchev–Trinajstić information content (AvgIpc) is 3.93. The number of para-hydroxylation sites is 3. The number of hydrogen-bond donors (Lipinski definition) is 1. The first-order valence-electron chi connectivity index (χ1n) is 19.0. The van der Waals surface area contributed by atoms with Gasteiger partial charge in [-0.25, -0.2) is 0 Å². The van der Waals surface area contributed by atoms with Gasteiger partial charge in [-0.3, -0.25) is 0 Å². The molecule has 0 heterocycles. The Morgan fingerprint density at radius 3 is 1.51 bits per heavy atom. The Balaban J connectivity index is 0.000000131. The summed E-state index contributed by atoms with van der Waals surface area (Å²) in [4.78, 5) is 4.53. The van der Waals surface area contributed by atoms with Gasteiger partial charge in [-0.05, 0) is 122 Å². The predicted molar refractivity (Wildman–Crippen MR) is 241 cm³/mol. The monoisotopic (exact) mass is 741 g/mol. The highest BCUT2D eigenvalue weighted by Crippen LogP contribution is 2.37. The summed E-state index contributed by atoms with van der Waals surface area (Å²) in [5.74, 6) is 0. The highest BCUT2D eigenvalue weighted by Gasteiger charge is 2.18. The molecule has 3 nitrogen and oxygen atoms in total. The lowest BCUT2D eigenvalue weighted by Crippen LogP contribution is -2.11. The van der Waals surface area contributed by atoms with Crippen LogP contribution in [0.2, 0.25) is 5.02 Å². The van der Waals surface area contributed by atoms with Crippen LogP contribution in [-0.4, -0.2) is 21.1 Å². The van der Waals surface area contributed by atoms with Crippen molar-refractivity contribution in [2.75, 3.05) is 36.3 Å². The molecule has 0 radical (unpaired) electrons. The third-order valence-corrected chi connectivity index (χ3v) is 10.5. The minimum absolute atomic E-state index is 0.899. The summed E-state index contributed by atoms with van der Waals surface area (Å²) in [5, 5.41) is 3.93. The fourth-order valence-corrected chi connectivity index (χ4v) is 7.57. The number of allylic oxidation sites excluding steroid dienone is 3. The van der Waals surface area contributed by atoms with Crippen molar-refractivity contribution >= 4 is 58.3 Å². The Morgan fingerprint density at radius 2 is 0.945 bits per heavy atom. The van der Waals surface area contributed by atoms with Gasteiger partial charge in [-0.1, -0.05) is 138 Å². The Labute approximate surface area is 333 Å². The van der Waals surface area contributed by atoms with Crippen LogP contribution >= 0.6 is 11.6 Å². The number of hydrogen-bond acceptors (Lipinski definition) is 3. The normalized spacial score (nSPS) is 12.7. The standard InChI is InChI=1S/2C17H17N.C10H9Cl.C7H9N/c2*1-13-11-14-7-6-10-17(16(14)12-13)18(2)15-8-4-3-5-9-15;1-7-5-8-3-2-4-10(11)9(8)6-7;1-8-7-5-3-2-4-6-7/h3-10,12H,11H2,1-2H3;3-11H,12H2,1-2H3;2-5H,6H2,1H3;2-6,8H,1H3. The fraction of sp³-hybridized carbons (Fsp3) is 0.176. The quantitative estimate of drug-likeness (QED) is 0.190. The van der Waals surface area contributed by atoms with Gasteiger partial charge in [-0.2, -0.15) is 0 Å². The molecule has 278 valence electrons. The van der Waals surface area contributed by atoms with Crippen LogP contribution < -0.4 is 15.1 Å². The zero-order valence-electron chi connectivity index (χ0n) is 33.0. The smallest absolute Gasteiger partial charge is 0.0484 e. The van der Waals surface area contributed by atoms with Crippen LogP contribution in [0.3, 0.4) is 0 Å². The molecule has 0 bridgehead atoms. The Bertz CT molecular complexity index is 2290. The maximum absolute atomic E-state index is 6.00. The molecule has 4 heteroatoms. The summed E-state index contributed by atoms with van der Waals surface area (Å²) < 4.78 is 0. The molecule has 0 saturated heterocycles. The van der Waals surface area contributed by atoms with Crippen molar-refractivity contribution in [1.82, 2.24) is 0 Å². The van der Waals surface area contributed by atoms with Crippen LogP contribution in [0.15, 0.2) is 162 Å². The van der Waals surface area contributed by atoms with Gasteiger partial charge in [0, 0.05) is 60.2 Å². The zero-order valence-corrected chi connectivity index (χ0v) is 33.7. The molecule has 55 heavy (non-hydrogen) atoms. The van der Waals surface area contributed by atoms with Gasteiger partial charge < -0.3 is 15.1 Å². The molecule has 3 aliphatic carbocycles. The summed E-state index contributed by atoms with van der Waals surface area (Å²) >= 11 is 6.00. The van der Waals surface area contributed by atoms with Gasteiger partial charge in [0.05, 0.1) is 0 Å². The first-order valence-corrected chi connectivity index (χ1v) is 19.4. The van der Waals surface area contributed by atoms with Gasteiger partial charge in [0.25, 0.3) is 0 Å². The third kappa shape index (κ3) is 9.86. The number of anilines is 5. The van der Waals surface area contributed by atoms with Crippen LogP contribution in [0.5, 0.6) is 0 Å². The van der Waals surface area contributed by atoms with E-state index in [-0.39, 0.29) is 0 Å². The largest absolute Gasteiger partial charge is 0.388 e. The Kier molecular flexibility index (Phi) is 13.1. The van der Waals surface area contributed by atoms with E-state index in [1.807, 2.05) is 49.5 Å². The van der Waals surface area contributed by atoms with Gasteiger partial charge in [0.2, 0.25) is 0 Å². The van der Waals surface area contributed by atoms with E-state index in [1.54, 1.807) is 0 Å². The topological polar surface area (TPSA) is 18.5 Å². The lowest BCUT2D eigenvalue weighted by Gasteiger charge is -2.22. The van der Waals surface area contributed by atoms with Crippen molar-refractivity contribution in [3.8, 4) is 0 Å². The van der Waals surface area contributed by atoms with Crippen molar-refractivity contribution in [2.45, 2.75) is 40.0 Å². The molecule has 6 aromatic carbocycles. The van der Waals surface area contributed by atoms with E-state index in [9.17, 15) is 0 Å². The molecule has 0 unspecified atom stereocenters. The minimum Gasteiger partial charge on any atom is -0.388 e. The van der Waals surface area contributed by atoms with E-state index in [1.165, 1.54) is 72.8 Å². The number of benzene rings is 6. The van der Waals surface area contributed by atoms with E-state index >= 15 is 0 Å². The van der Waals surface area contributed by atoms with Crippen LogP contribution in [0.1, 0.15) is 54.2 Å². The lowest BCUT2D eigenvalue weighted by atomic mass is 10.1. The second kappa shape index (κ2) is 18.5. The van der Waals surface area contributed by atoms with Crippen LogP contribution in [0, 0.1) is 0 Å². The van der Waals surface area contributed by atoms with E-state index < -0.39 is 0 Å². The van der Waals surface area contributed by atoms with Crippen molar-refractivity contribution in [3.63, 3.8) is 0 Å². The van der Waals surface area contributed by atoms with Crippen LogP contribution in [0.25, 0.3) is 18.2 Å². The highest BCUT2D eigenvalue weighted by atomic mass is 35.5.